The Hall–Kier alpha value is -0.410. The third-order valence-corrected chi connectivity index (χ3v) is 2.51. The van der Waals surface area contributed by atoms with Crippen molar-refractivity contribution in [1.29, 1.82) is 0 Å². The van der Waals surface area contributed by atoms with Crippen molar-refractivity contribution in [2.75, 3.05) is 13.2 Å². The molecule has 1 heterocycles. The number of aldehydes is 1. The fourth-order valence-electron chi connectivity index (χ4n) is 1.38. The van der Waals surface area contributed by atoms with Crippen LogP contribution >= 0.6 is 0 Å². The second kappa shape index (κ2) is 4.72. The molecule has 3 nitrogen and oxygen atoms in total. The van der Waals surface area contributed by atoms with Gasteiger partial charge in [0.1, 0.15) is 5.60 Å². The molecule has 0 aromatic carbocycles. The molecule has 0 aromatic heterocycles. The van der Waals surface area contributed by atoms with Crippen molar-refractivity contribution in [3.63, 3.8) is 0 Å². The molecule has 13 heavy (non-hydrogen) atoms. The van der Waals surface area contributed by atoms with E-state index in [1.807, 2.05) is 13.8 Å². The third-order valence-electron chi connectivity index (χ3n) is 2.51. The van der Waals surface area contributed by atoms with Crippen LogP contribution in [0.15, 0.2) is 0 Å². The van der Waals surface area contributed by atoms with Gasteiger partial charge in [-0.3, -0.25) is 0 Å². The van der Waals surface area contributed by atoms with Crippen LogP contribution in [0.3, 0.4) is 0 Å². The molecule has 3 heteroatoms. The van der Waals surface area contributed by atoms with Crippen LogP contribution in [0.25, 0.3) is 0 Å². The Balaban J connectivity index is 2.40. The Labute approximate surface area is 79.4 Å². The minimum Gasteiger partial charge on any atom is -0.379 e. The highest BCUT2D eigenvalue weighted by atomic mass is 16.5. The smallest absolute Gasteiger partial charge is 0.151 e. The Morgan fingerprint density at radius 2 is 2.46 bits per heavy atom. The van der Waals surface area contributed by atoms with E-state index < -0.39 is 5.60 Å². The van der Waals surface area contributed by atoms with Crippen LogP contribution in [0.1, 0.15) is 33.1 Å². The molecule has 0 radical (unpaired) electrons. The summed E-state index contributed by atoms with van der Waals surface area (Å²) < 4.78 is 11.0. The first-order chi connectivity index (χ1) is 6.20. The standard InChI is InChI=1S/C10H18O3/c1-3-10(2,8-11)13-9-5-4-6-12-7-9/h8-9H,3-7H2,1-2H3/t9?,10-/m0/s1. The van der Waals surface area contributed by atoms with Gasteiger partial charge in [-0.15, -0.1) is 0 Å². The van der Waals surface area contributed by atoms with Gasteiger partial charge in [0.25, 0.3) is 0 Å². The summed E-state index contributed by atoms with van der Waals surface area (Å²) in [5, 5.41) is 0. The molecular weight excluding hydrogens is 168 g/mol. The van der Waals surface area contributed by atoms with Crippen LogP contribution in [0.2, 0.25) is 0 Å². The monoisotopic (exact) mass is 186 g/mol. The van der Waals surface area contributed by atoms with Crippen molar-refractivity contribution in [2.24, 2.45) is 0 Å². The molecule has 0 N–H and O–H groups in total. The summed E-state index contributed by atoms with van der Waals surface area (Å²) in [5.74, 6) is 0. The highest BCUT2D eigenvalue weighted by Crippen LogP contribution is 2.19. The van der Waals surface area contributed by atoms with E-state index in [0.29, 0.717) is 13.0 Å². The number of hydrogen-bond donors (Lipinski definition) is 0. The van der Waals surface area contributed by atoms with E-state index in [2.05, 4.69) is 0 Å². The largest absolute Gasteiger partial charge is 0.379 e. The summed E-state index contributed by atoms with van der Waals surface area (Å²) in [7, 11) is 0. The molecule has 0 spiro atoms. The average molecular weight is 186 g/mol. The Morgan fingerprint density at radius 1 is 1.69 bits per heavy atom. The third kappa shape index (κ3) is 3.08. The van der Waals surface area contributed by atoms with Crippen molar-refractivity contribution in [1.82, 2.24) is 0 Å². The van der Waals surface area contributed by atoms with E-state index >= 15 is 0 Å². The number of hydrogen-bond acceptors (Lipinski definition) is 3. The zero-order valence-corrected chi connectivity index (χ0v) is 8.41. The summed E-state index contributed by atoms with van der Waals surface area (Å²) >= 11 is 0. The first-order valence-electron chi connectivity index (χ1n) is 4.92. The molecule has 0 aromatic rings. The lowest BCUT2D eigenvalue weighted by Gasteiger charge is -2.30. The van der Waals surface area contributed by atoms with E-state index in [4.69, 9.17) is 9.47 Å². The number of rotatable bonds is 4. The quantitative estimate of drug-likeness (QED) is 0.625. The molecule has 0 amide bonds. The van der Waals surface area contributed by atoms with Crippen LogP contribution < -0.4 is 0 Å². The van der Waals surface area contributed by atoms with E-state index in [9.17, 15) is 4.79 Å². The van der Waals surface area contributed by atoms with Gasteiger partial charge in [-0.05, 0) is 26.2 Å². The second-order valence-electron chi connectivity index (χ2n) is 3.74. The molecule has 1 fully saturated rings. The van der Waals surface area contributed by atoms with Crippen LogP contribution in [0.4, 0.5) is 0 Å². The van der Waals surface area contributed by atoms with Crippen molar-refractivity contribution in [3.05, 3.63) is 0 Å². The van der Waals surface area contributed by atoms with Crippen LogP contribution in [0.5, 0.6) is 0 Å². The summed E-state index contributed by atoms with van der Waals surface area (Å²) in [5.41, 5.74) is -0.620. The second-order valence-corrected chi connectivity index (χ2v) is 3.74. The maximum Gasteiger partial charge on any atom is 0.151 e. The van der Waals surface area contributed by atoms with E-state index in [-0.39, 0.29) is 6.10 Å². The van der Waals surface area contributed by atoms with Crippen molar-refractivity contribution < 1.29 is 14.3 Å². The normalized spacial score (nSPS) is 28.0. The topological polar surface area (TPSA) is 35.5 Å². The predicted molar refractivity (Wildman–Crippen MR) is 49.7 cm³/mol. The molecule has 1 unspecified atom stereocenters. The first-order valence-corrected chi connectivity index (χ1v) is 4.92. The van der Waals surface area contributed by atoms with Crippen LogP contribution in [-0.2, 0) is 14.3 Å². The summed E-state index contributed by atoms with van der Waals surface area (Å²) in [6.45, 7) is 5.24. The van der Waals surface area contributed by atoms with Crippen molar-refractivity contribution in [2.45, 2.75) is 44.8 Å². The molecule has 0 saturated carbocycles. The highest BCUT2D eigenvalue weighted by Gasteiger charge is 2.27. The maximum absolute atomic E-state index is 10.8. The zero-order chi connectivity index (χ0) is 9.73. The molecule has 1 rings (SSSR count). The lowest BCUT2D eigenvalue weighted by Crippen LogP contribution is -2.38. The predicted octanol–water partition coefficient (Wildman–Crippen LogP) is 1.55. The minimum atomic E-state index is -0.620. The lowest BCUT2D eigenvalue weighted by atomic mass is 10.0. The van der Waals surface area contributed by atoms with Gasteiger partial charge in [0.2, 0.25) is 0 Å². The molecule has 1 aliphatic rings. The van der Waals surface area contributed by atoms with Gasteiger partial charge in [-0.1, -0.05) is 6.92 Å². The van der Waals surface area contributed by atoms with Gasteiger partial charge in [-0.2, -0.15) is 0 Å². The van der Waals surface area contributed by atoms with Crippen molar-refractivity contribution >= 4 is 6.29 Å². The van der Waals surface area contributed by atoms with Crippen LogP contribution in [-0.4, -0.2) is 31.2 Å². The average Bonchev–Trinajstić information content (AvgIpc) is 2.19. The fourth-order valence-corrected chi connectivity index (χ4v) is 1.38. The molecule has 0 bridgehead atoms. The molecule has 2 atom stereocenters. The van der Waals surface area contributed by atoms with Gasteiger partial charge in [0, 0.05) is 6.61 Å². The molecule has 0 aliphatic carbocycles. The first kappa shape index (κ1) is 10.7. The zero-order valence-electron chi connectivity index (χ0n) is 8.41. The molecule has 76 valence electrons. The highest BCUT2D eigenvalue weighted by molar-refractivity contribution is 5.61. The molecule has 1 aliphatic heterocycles. The molecular formula is C10H18O3. The lowest BCUT2D eigenvalue weighted by molar-refractivity contribution is -0.150. The Kier molecular flexibility index (Phi) is 3.88. The van der Waals surface area contributed by atoms with E-state index in [0.717, 1.165) is 25.7 Å². The van der Waals surface area contributed by atoms with Crippen LogP contribution in [0, 0.1) is 0 Å². The van der Waals surface area contributed by atoms with Gasteiger partial charge in [0.15, 0.2) is 6.29 Å². The number of ether oxygens (including phenoxy) is 2. The summed E-state index contributed by atoms with van der Waals surface area (Å²) in [6, 6.07) is 0. The Morgan fingerprint density at radius 3 is 2.92 bits per heavy atom. The minimum absolute atomic E-state index is 0.101. The SMILES string of the molecule is CC[C@@](C)(C=O)OC1CCCOC1. The molecule has 1 saturated heterocycles. The summed E-state index contributed by atoms with van der Waals surface area (Å²) in [4.78, 5) is 10.8. The van der Waals surface area contributed by atoms with E-state index in [1.165, 1.54) is 0 Å². The maximum atomic E-state index is 10.8. The fraction of sp³-hybridized carbons (Fsp3) is 0.900. The Bertz CT molecular complexity index is 164. The van der Waals surface area contributed by atoms with Gasteiger partial charge in [0.05, 0.1) is 12.7 Å². The number of carbonyl (C=O) groups excluding carboxylic acids is 1. The number of carbonyl (C=O) groups is 1. The van der Waals surface area contributed by atoms with Crippen molar-refractivity contribution in [3.8, 4) is 0 Å². The van der Waals surface area contributed by atoms with E-state index in [1.54, 1.807) is 0 Å². The van der Waals surface area contributed by atoms with Gasteiger partial charge < -0.3 is 14.3 Å². The van der Waals surface area contributed by atoms with Gasteiger partial charge >= 0.3 is 0 Å². The summed E-state index contributed by atoms with van der Waals surface area (Å²) in [6.07, 6.45) is 3.74. The van der Waals surface area contributed by atoms with Gasteiger partial charge in [-0.25, -0.2) is 0 Å².